The zero-order valence-corrected chi connectivity index (χ0v) is 15.6. The summed E-state index contributed by atoms with van der Waals surface area (Å²) in [5.74, 6) is -4.50. The van der Waals surface area contributed by atoms with E-state index in [1.165, 1.54) is 18.5 Å². The second-order valence-corrected chi connectivity index (χ2v) is 6.34. The van der Waals surface area contributed by atoms with Crippen molar-refractivity contribution in [1.82, 2.24) is 10.2 Å². The van der Waals surface area contributed by atoms with Gasteiger partial charge in [0.2, 0.25) is 0 Å². The third-order valence-corrected chi connectivity index (χ3v) is 4.22. The van der Waals surface area contributed by atoms with E-state index >= 15 is 0 Å². The van der Waals surface area contributed by atoms with E-state index in [0.717, 1.165) is 30.9 Å². The van der Waals surface area contributed by atoms with Crippen LogP contribution in [0.1, 0.15) is 12.0 Å². The number of rotatable bonds is 3. The highest BCUT2D eigenvalue weighted by Crippen LogP contribution is 2.27. The summed E-state index contributed by atoms with van der Waals surface area (Å²) >= 11 is 0. The van der Waals surface area contributed by atoms with Crippen LogP contribution in [-0.2, 0) is 16.1 Å². The number of carbonyl (C=O) groups is 2. The Morgan fingerprint density at radius 3 is 1.97 bits per heavy atom. The van der Waals surface area contributed by atoms with Gasteiger partial charge in [-0.25, -0.2) is 9.59 Å². The van der Waals surface area contributed by atoms with Crippen LogP contribution in [0, 0.1) is 0 Å². The molecule has 2 atom stereocenters. The topological polar surface area (TPSA) is 99.1 Å². The third-order valence-electron chi connectivity index (χ3n) is 4.22. The molecule has 2 aliphatic rings. The zero-order chi connectivity index (χ0) is 23.1. The molecule has 2 aliphatic heterocycles. The van der Waals surface area contributed by atoms with Crippen LogP contribution in [0.5, 0.6) is 5.75 Å². The third kappa shape index (κ3) is 8.06. The zero-order valence-electron chi connectivity index (χ0n) is 15.6. The summed E-state index contributed by atoms with van der Waals surface area (Å²) < 4.78 is 68.9. The van der Waals surface area contributed by atoms with Gasteiger partial charge in [0.15, 0.2) is 0 Å². The Bertz CT molecular complexity index is 701. The van der Waals surface area contributed by atoms with Crippen molar-refractivity contribution in [2.75, 3.05) is 20.2 Å². The first-order chi connectivity index (χ1) is 13.8. The van der Waals surface area contributed by atoms with Crippen molar-refractivity contribution >= 4 is 11.9 Å². The van der Waals surface area contributed by atoms with Crippen molar-refractivity contribution in [1.29, 1.82) is 0 Å². The molecule has 0 radical (unpaired) electrons. The normalized spacial score (nSPS) is 20.5. The molecule has 2 saturated heterocycles. The van der Waals surface area contributed by atoms with Crippen molar-refractivity contribution in [3.63, 3.8) is 0 Å². The number of carboxylic acids is 2. The number of para-hydroxylation sites is 1. The second-order valence-electron chi connectivity index (χ2n) is 6.34. The van der Waals surface area contributed by atoms with Gasteiger partial charge in [-0.05, 0) is 12.5 Å². The van der Waals surface area contributed by atoms with Gasteiger partial charge in [0, 0.05) is 37.3 Å². The number of hydrogen-bond donors (Lipinski definition) is 3. The van der Waals surface area contributed by atoms with Crippen molar-refractivity contribution in [3.05, 3.63) is 29.8 Å². The van der Waals surface area contributed by atoms with Gasteiger partial charge in [-0.3, -0.25) is 4.90 Å². The first-order valence-corrected chi connectivity index (χ1v) is 8.45. The average Bonchev–Trinajstić information content (AvgIpc) is 3.24. The number of nitrogens with zero attached hydrogens (tertiary/aromatic N) is 1. The van der Waals surface area contributed by atoms with E-state index in [0.29, 0.717) is 0 Å². The van der Waals surface area contributed by atoms with Crippen molar-refractivity contribution in [3.8, 4) is 5.75 Å². The van der Waals surface area contributed by atoms with Crippen LogP contribution < -0.4 is 10.1 Å². The fraction of sp³-hybridized carbons (Fsp3) is 0.529. The number of aliphatic carboxylic acids is 2. The molecule has 3 N–H and O–H groups in total. The van der Waals surface area contributed by atoms with Gasteiger partial charge in [-0.1, -0.05) is 18.2 Å². The molecule has 1 aromatic carbocycles. The fourth-order valence-electron chi connectivity index (χ4n) is 2.89. The molecule has 0 aliphatic carbocycles. The Morgan fingerprint density at radius 1 is 1.10 bits per heavy atom. The molecule has 0 unspecified atom stereocenters. The molecule has 170 valence electrons. The molecule has 7 nitrogen and oxygen atoms in total. The molecule has 3 rings (SSSR count). The molecule has 2 heterocycles. The van der Waals surface area contributed by atoms with Gasteiger partial charge in [0.05, 0.1) is 7.11 Å². The maximum Gasteiger partial charge on any atom is 0.490 e. The molecule has 30 heavy (non-hydrogen) atoms. The molecular formula is C17H20F6N2O5. The number of nitrogens with one attached hydrogen (secondary N) is 1. The predicted molar refractivity (Wildman–Crippen MR) is 91.0 cm³/mol. The largest absolute Gasteiger partial charge is 0.496 e. The summed E-state index contributed by atoms with van der Waals surface area (Å²) in [5.41, 5.74) is 1.30. The lowest BCUT2D eigenvalue weighted by Crippen LogP contribution is -2.43. The number of ether oxygens (including phenoxy) is 1. The minimum Gasteiger partial charge on any atom is -0.496 e. The summed E-state index contributed by atoms with van der Waals surface area (Å²) in [5, 5.41) is 17.8. The van der Waals surface area contributed by atoms with Crippen molar-refractivity contribution < 1.29 is 50.9 Å². The predicted octanol–water partition coefficient (Wildman–Crippen LogP) is 2.51. The van der Waals surface area contributed by atoms with Gasteiger partial charge < -0.3 is 20.3 Å². The number of alkyl halides is 6. The Hall–Kier alpha value is -2.54. The highest BCUT2D eigenvalue weighted by atomic mass is 19.4. The van der Waals surface area contributed by atoms with Gasteiger partial charge in [-0.15, -0.1) is 0 Å². The smallest absolute Gasteiger partial charge is 0.490 e. The van der Waals surface area contributed by atoms with Gasteiger partial charge in [-0.2, -0.15) is 26.3 Å². The summed E-state index contributed by atoms with van der Waals surface area (Å²) in [6.45, 7) is 3.36. The standard InChI is InChI=1S/C13H18N2O.2C2HF3O2/c1-16-13-5-3-2-4-10(13)8-15-9-11-6-12(15)7-14-11;2*3-2(4,5)1(6)7/h2-5,11-12,14H,6-9H2,1H3;2*(H,6,7)/t11-,12-;;/m0../s1. The quantitative estimate of drug-likeness (QED) is 0.614. The molecule has 0 spiro atoms. The summed E-state index contributed by atoms with van der Waals surface area (Å²) in [7, 11) is 1.75. The van der Waals surface area contributed by atoms with Gasteiger partial charge in [0.1, 0.15) is 5.75 Å². The number of fused-ring (bicyclic) bond motifs is 2. The first-order valence-electron chi connectivity index (χ1n) is 8.45. The number of methoxy groups -OCH3 is 1. The Labute approximate surface area is 167 Å². The number of likely N-dealkylation sites (tertiary alicyclic amines) is 1. The van der Waals surface area contributed by atoms with E-state index in [9.17, 15) is 26.3 Å². The minimum absolute atomic E-state index is 0.722. The van der Waals surface area contributed by atoms with E-state index in [-0.39, 0.29) is 0 Å². The molecule has 2 fully saturated rings. The number of piperazine rings is 1. The van der Waals surface area contributed by atoms with Crippen molar-refractivity contribution in [2.24, 2.45) is 0 Å². The van der Waals surface area contributed by atoms with E-state index in [1.54, 1.807) is 7.11 Å². The van der Waals surface area contributed by atoms with Gasteiger partial charge >= 0.3 is 24.3 Å². The fourth-order valence-corrected chi connectivity index (χ4v) is 2.89. The maximum atomic E-state index is 10.6. The molecule has 13 heteroatoms. The Balaban J connectivity index is 0.000000271. The molecule has 2 bridgehead atoms. The van der Waals surface area contributed by atoms with Crippen molar-refractivity contribution in [2.45, 2.75) is 37.4 Å². The Morgan fingerprint density at radius 2 is 1.60 bits per heavy atom. The molecule has 0 saturated carbocycles. The molecular weight excluding hydrogens is 426 g/mol. The molecule has 0 amide bonds. The highest BCUT2D eigenvalue weighted by Gasteiger charge is 2.39. The minimum atomic E-state index is -5.08. The number of hydrogen-bond acceptors (Lipinski definition) is 5. The maximum absolute atomic E-state index is 10.6. The highest BCUT2D eigenvalue weighted by molar-refractivity contribution is 5.73. The summed E-state index contributed by atoms with van der Waals surface area (Å²) in [6, 6.07) is 9.78. The van der Waals surface area contributed by atoms with Crippen LogP contribution in [0.4, 0.5) is 26.3 Å². The number of halogens is 6. The van der Waals surface area contributed by atoms with E-state index < -0.39 is 24.3 Å². The average molecular weight is 446 g/mol. The van der Waals surface area contributed by atoms with E-state index in [4.69, 9.17) is 24.5 Å². The number of carboxylic acid groups (broad SMARTS) is 2. The molecule has 0 aromatic heterocycles. The SMILES string of the molecule is COc1ccccc1CN1C[C@@H]2C[C@H]1CN2.O=C(O)C(F)(F)F.O=C(O)C(F)(F)F. The van der Waals surface area contributed by atoms with Crippen LogP contribution >= 0.6 is 0 Å². The second kappa shape index (κ2) is 10.5. The summed E-state index contributed by atoms with van der Waals surface area (Å²) in [6.07, 6.45) is -8.85. The lowest BCUT2D eigenvalue weighted by atomic mass is 10.1. The monoisotopic (exact) mass is 446 g/mol. The van der Waals surface area contributed by atoms with Crippen LogP contribution in [0.3, 0.4) is 0 Å². The molecule has 1 aromatic rings. The van der Waals surface area contributed by atoms with Gasteiger partial charge in [0.25, 0.3) is 0 Å². The first kappa shape index (κ1) is 25.5. The lowest BCUT2D eigenvalue weighted by molar-refractivity contribution is -0.193. The summed E-state index contributed by atoms with van der Waals surface area (Å²) in [4.78, 5) is 20.4. The Kier molecular flexibility index (Phi) is 8.90. The van der Waals surface area contributed by atoms with Crippen LogP contribution in [-0.4, -0.2) is 71.7 Å². The lowest BCUT2D eigenvalue weighted by Gasteiger charge is -2.27. The van der Waals surface area contributed by atoms with Crippen LogP contribution in [0.25, 0.3) is 0 Å². The van der Waals surface area contributed by atoms with E-state index in [2.05, 4.69) is 22.3 Å². The van der Waals surface area contributed by atoms with E-state index in [1.807, 2.05) is 12.1 Å². The van der Waals surface area contributed by atoms with Crippen LogP contribution in [0.15, 0.2) is 24.3 Å². The van der Waals surface area contributed by atoms with Crippen LogP contribution in [0.2, 0.25) is 0 Å². The number of benzene rings is 1.